The highest BCUT2D eigenvalue weighted by Gasteiger charge is 2.25. The number of rotatable bonds is 4. The minimum Gasteiger partial charge on any atom is -0.338 e. The van der Waals surface area contributed by atoms with Gasteiger partial charge in [-0.15, -0.1) is 0 Å². The summed E-state index contributed by atoms with van der Waals surface area (Å²) in [5, 5.41) is 4.11. The highest BCUT2D eigenvalue weighted by Crippen LogP contribution is 2.34. The highest BCUT2D eigenvalue weighted by atomic mass is 16.5. The SMILES string of the molecule is CCC[C@H](N)c1nc(C2CCCC(C)C2)no1. The molecule has 4 heteroatoms. The van der Waals surface area contributed by atoms with Gasteiger partial charge in [0.25, 0.3) is 0 Å². The molecule has 2 rings (SSSR count). The maximum Gasteiger partial charge on any atom is 0.243 e. The van der Waals surface area contributed by atoms with Crippen molar-refractivity contribution in [2.75, 3.05) is 0 Å². The molecular weight excluding hydrogens is 214 g/mol. The number of aromatic nitrogens is 2. The number of hydrogen-bond acceptors (Lipinski definition) is 4. The van der Waals surface area contributed by atoms with E-state index in [1.54, 1.807) is 0 Å². The van der Waals surface area contributed by atoms with Crippen LogP contribution in [-0.4, -0.2) is 10.1 Å². The molecule has 1 aliphatic carbocycles. The summed E-state index contributed by atoms with van der Waals surface area (Å²) in [7, 11) is 0. The molecule has 0 aliphatic heterocycles. The van der Waals surface area contributed by atoms with Crippen LogP contribution in [0, 0.1) is 5.92 Å². The fourth-order valence-corrected chi connectivity index (χ4v) is 2.67. The first kappa shape index (κ1) is 12.6. The molecule has 0 amide bonds. The molecule has 0 spiro atoms. The van der Waals surface area contributed by atoms with Gasteiger partial charge >= 0.3 is 0 Å². The van der Waals surface area contributed by atoms with Gasteiger partial charge in [-0.05, 0) is 25.2 Å². The zero-order valence-electron chi connectivity index (χ0n) is 10.9. The van der Waals surface area contributed by atoms with Gasteiger partial charge in [0, 0.05) is 5.92 Å². The lowest BCUT2D eigenvalue weighted by Gasteiger charge is -2.23. The molecule has 4 nitrogen and oxygen atoms in total. The van der Waals surface area contributed by atoms with Crippen molar-refractivity contribution in [1.29, 1.82) is 0 Å². The number of nitrogens with zero attached hydrogens (tertiary/aromatic N) is 2. The highest BCUT2D eigenvalue weighted by molar-refractivity contribution is 4.99. The number of hydrogen-bond donors (Lipinski definition) is 1. The lowest BCUT2D eigenvalue weighted by molar-refractivity contribution is 0.314. The minimum atomic E-state index is -0.0951. The minimum absolute atomic E-state index is 0.0951. The van der Waals surface area contributed by atoms with E-state index in [0.717, 1.165) is 24.6 Å². The van der Waals surface area contributed by atoms with Crippen LogP contribution in [-0.2, 0) is 0 Å². The third-order valence-corrected chi connectivity index (χ3v) is 3.68. The van der Waals surface area contributed by atoms with Gasteiger partial charge < -0.3 is 10.3 Å². The van der Waals surface area contributed by atoms with Crippen molar-refractivity contribution in [3.8, 4) is 0 Å². The third kappa shape index (κ3) is 3.06. The molecule has 0 radical (unpaired) electrons. The molecule has 96 valence electrons. The van der Waals surface area contributed by atoms with Crippen LogP contribution in [0.2, 0.25) is 0 Å². The largest absolute Gasteiger partial charge is 0.338 e. The number of nitrogens with two attached hydrogens (primary N) is 1. The summed E-state index contributed by atoms with van der Waals surface area (Å²) in [5.41, 5.74) is 5.98. The average Bonchev–Trinajstić information content (AvgIpc) is 2.78. The van der Waals surface area contributed by atoms with E-state index in [1.165, 1.54) is 25.7 Å². The molecule has 0 bridgehead atoms. The maximum absolute atomic E-state index is 5.98. The molecule has 1 aromatic rings. The van der Waals surface area contributed by atoms with Gasteiger partial charge in [-0.3, -0.25) is 0 Å². The normalized spacial score (nSPS) is 27.0. The van der Waals surface area contributed by atoms with E-state index in [4.69, 9.17) is 10.3 Å². The lowest BCUT2D eigenvalue weighted by atomic mass is 9.82. The molecule has 0 aromatic carbocycles. The summed E-state index contributed by atoms with van der Waals surface area (Å²) in [6, 6.07) is -0.0951. The molecule has 2 unspecified atom stereocenters. The fraction of sp³-hybridized carbons (Fsp3) is 0.846. The Kier molecular flexibility index (Phi) is 4.15. The molecule has 1 heterocycles. The summed E-state index contributed by atoms with van der Waals surface area (Å²) < 4.78 is 5.28. The van der Waals surface area contributed by atoms with E-state index in [9.17, 15) is 0 Å². The summed E-state index contributed by atoms with van der Waals surface area (Å²) in [4.78, 5) is 4.48. The molecule has 2 N–H and O–H groups in total. The Hall–Kier alpha value is -0.900. The van der Waals surface area contributed by atoms with Gasteiger partial charge in [0.1, 0.15) is 0 Å². The van der Waals surface area contributed by atoms with E-state index in [2.05, 4.69) is 24.0 Å². The first-order valence-electron chi connectivity index (χ1n) is 6.79. The third-order valence-electron chi connectivity index (χ3n) is 3.68. The van der Waals surface area contributed by atoms with Crippen LogP contribution >= 0.6 is 0 Å². The van der Waals surface area contributed by atoms with Crippen LogP contribution in [0.3, 0.4) is 0 Å². The molecule has 1 fully saturated rings. The van der Waals surface area contributed by atoms with Crippen LogP contribution in [0.4, 0.5) is 0 Å². The Balaban J connectivity index is 2.02. The van der Waals surface area contributed by atoms with Crippen LogP contribution in [0.1, 0.15) is 76.0 Å². The fourth-order valence-electron chi connectivity index (χ4n) is 2.67. The molecule has 1 saturated carbocycles. The first-order chi connectivity index (χ1) is 8.20. The van der Waals surface area contributed by atoms with Crippen molar-refractivity contribution >= 4 is 0 Å². The maximum atomic E-state index is 5.98. The van der Waals surface area contributed by atoms with Crippen molar-refractivity contribution in [2.24, 2.45) is 11.7 Å². The van der Waals surface area contributed by atoms with Crippen molar-refractivity contribution in [3.05, 3.63) is 11.7 Å². The second kappa shape index (κ2) is 5.63. The lowest BCUT2D eigenvalue weighted by Crippen LogP contribution is -2.14. The van der Waals surface area contributed by atoms with Crippen LogP contribution in [0.5, 0.6) is 0 Å². The molecule has 3 atom stereocenters. The van der Waals surface area contributed by atoms with E-state index < -0.39 is 0 Å². The Morgan fingerprint density at radius 2 is 2.29 bits per heavy atom. The second-order valence-corrected chi connectivity index (χ2v) is 5.35. The van der Waals surface area contributed by atoms with Crippen LogP contribution in [0.15, 0.2) is 4.52 Å². The Morgan fingerprint density at radius 3 is 3.00 bits per heavy atom. The van der Waals surface area contributed by atoms with Crippen molar-refractivity contribution in [1.82, 2.24) is 10.1 Å². The van der Waals surface area contributed by atoms with Gasteiger partial charge in [-0.25, -0.2) is 0 Å². The molecule has 1 aromatic heterocycles. The van der Waals surface area contributed by atoms with Crippen molar-refractivity contribution < 1.29 is 4.52 Å². The van der Waals surface area contributed by atoms with Gasteiger partial charge in [-0.1, -0.05) is 38.3 Å². The van der Waals surface area contributed by atoms with Gasteiger partial charge in [0.2, 0.25) is 5.89 Å². The van der Waals surface area contributed by atoms with Crippen molar-refractivity contribution in [2.45, 2.75) is 64.3 Å². The zero-order valence-corrected chi connectivity index (χ0v) is 10.9. The van der Waals surface area contributed by atoms with Gasteiger partial charge in [0.15, 0.2) is 5.82 Å². The summed E-state index contributed by atoms with van der Waals surface area (Å²) in [6.07, 6.45) is 6.92. The second-order valence-electron chi connectivity index (χ2n) is 5.35. The van der Waals surface area contributed by atoms with Crippen LogP contribution in [0.25, 0.3) is 0 Å². The zero-order chi connectivity index (χ0) is 12.3. The molecule has 0 saturated heterocycles. The molecule has 17 heavy (non-hydrogen) atoms. The van der Waals surface area contributed by atoms with Gasteiger partial charge in [-0.2, -0.15) is 4.98 Å². The average molecular weight is 237 g/mol. The Morgan fingerprint density at radius 1 is 1.47 bits per heavy atom. The Bertz CT molecular complexity index is 350. The Labute approximate surface area is 103 Å². The van der Waals surface area contributed by atoms with E-state index in [0.29, 0.717) is 11.8 Å². The summed E-state index contributed by atoms with van der Waals surface area (Å²) in [6.45, 7) is 4.41. The topological polar surface area (TPSA) is 64.9 Å². The predicted octanol–water partition coefficient (Wildman–Crippen LogP) is 3.16. The summed E-state index contributed by atoms with van der Waals surface area (Å²) in [5.74, 6) is 2.74. The van der Waals surface area contributed by atoms with Crippen molar-refractivity contribution in [3.63, 3.8) is 0 Å². The van der Waals surface area contributed by atoms with E-state index >= 15 is 0 Å². The quantitative estimate of drug-likeness (QED) is 0.873. The standard InChI is InChI=1S/C13H23N3O/c1-3-5-11(14)13-15-12(16-17-13)10-7-4-6-9(2)8-10/h9-11H,3-8,14H2,1-2H3/t9?,10?,11-/m0/s1. The first-order valence-corrected chi connectivity index (χ1v) is 6.79. The van der Waals surface area contributed by atoms with Gasteiger partial charge in [0.05, 0.1) is 6.04 Å². The predicted molar refractivity (Wildman–Crippen MR) is 66.5 cm³/mol. The van der Waals surface area contributed by atoms with E-state index in [-0.39, 0.29) is 6.04 Å². The van der Waals surface area contributed by atoms with Crippen LogP contribution < -0.4 is 5.73 Å². The molecule has 1 aliphatic rings. The van der Waals surface area contributed by atoms with E-state index in [1.807, 2.05) is 0 Å². The summed E-state index contributed by atoms with van der Waals surface area (Å²) >= 11 is 0. The monoisotopic (exact) mass is 237 g/mol. The smallest absolute Gasteiger partial charge is 0.243 e. The molecular formula is C13H23N3O.